The van der Waals surface area contributed by atoms with Crippen molar-refractivity contribution in [3.63, 3.8) is 0 Å². The Morgan fingerprint density at radius 1 is 1.07 bits per heavy atom. The van der Waals surface area contributed by atoms with E-state index in [0.717, 1.165) is 4.90 Å². The van der Waals surface area contributed by atoms with Crippen molar-refractivity contribution in [3.05, 3.63) is 54.3 Å². The highest BCUT2D eigenvalue weighted by Crippen LogP contribution is 2.19. The van der Waals surface area contributed by atoms with Crippen LogP contribution in [0.25, 0.3) is 0 Å². The smallest absolute Gasteiger partial charge is 0.307 e. The van der Waals surface area contributed by atoms with Crippen molar-refractivity contribution in [1.29, 1.82) is 0 Å². The number of anilines is 1. The molecule has 0 aromatic heterocycles. The van der Waals surface area contributed by atoms with Gasteiger partial charge in [0.1, 0.15) is 5.82 Å². The van der Waals surface area contributed by atoms with Gasteiger partial charge in [-0.3, -0.25) is 9.59 Å². The Morgan fingerprint density at radius 3 is 2.30 bits per heavy atom. The summed E-state index contributed by atoms with van der Waals surface area (Å²) in [6.07, 6.45) is 0.0956. The summed E-state index contributed by atoms with van der Waals surface area (Å²) in [7, 11) is -3.80. The van der Waals surface area contributed by atoms with Crippen LogP contribution in [0.3, 0.4) is 0 Å². The minimum Gasteiger partial charge on any atom is -0.456 e. The maximum atomic E-state index is 12.8. The van der Waals surface area contributed by atoms with Crippen LogP contribution in [0.5, 0.6) is 0 Å². The molecular weight excluding hydrogens is 395 g/mol. The Morgan fingerprint density at radius 2 is 1.70 bits per heavy atom. The minimum absolute atomic E-state index is 0.0782. The number of hydrogen-bond acceptors (Lipinski definition) is 6. The van der Waals surface area contributed by atoms with E-state index in [1.807, 2.05) is 0 Å². The zero-order valence-corrected chi connectivity index (χ0v) is 15.7. The molecule has 0 saturated carbocycles. The number of nitrogens with one attached hydrogen (secondary N) is 1. The molecule has 2 aromatic rings. The van der Waals surface area contributed by atoms with Crippen LogP contribution in [0, 0.1) is 5.82 Å². The zero-order chi connectivity index (χ0) is 19.9. The summed E-state index contributed by atoms with van der Waals surface area (Å²) >= 11 is 1.37. The van der Waals surface area contributed by atoms with E-state index >= 15 is 0 Å². The monoisotopic (exact) mass is 412 g/mol. The summed E-state index contributed by atoms with van der Waals surface area (Å²) < 4.78 is 40.0. The van der Waals surface area contributed by atoms with Crippen LogP contribution in [-0.4, -0.2) is 32.7 Å². The molecule has 0 radical (unpaired) electrons. The third kappa shape index (κ3) is 7.37. The van der Waals surface area contributed by atoms with E-state index in [1.54, 1.807) is 12.1 Å². The van der Waals surface area contributed by atoms with E-state index in [4.69, 9.17) is 9.88 Å². The molecular formula is C17H17FN2O5S2. The molecule has 144 valence electrons. The maximum absolute atomic E-state index is 12.8. The Kier molecular flexibility index (Phi) is 7.34. The highest BCUT2D eigenvalue weighted by atomic mass is 32.2. The van der Waals surface area contributed by atoms with Crippen molar-refractivity contribution in [2.45, 2.75) is 16.2 Å². The fraction of sp³-hybridized carbons (Fsp3) is 0.176. The number of esters is 1. The predicted molar refractivity (Wildman–Crippen MR) is 99.1 cm³/mol. The number of amides is 1. The van der Waals surface area contributed by atoms with Gasteiger partial charge in [-0.15, -0.1) is 11.8 Å². The lowest BCUT2D eigenvalue weighted by Gasteiger charge is -2.07. The van der Waals surface area contributed by atoms with Gasteiger partial charge in [-0.2, -0.15) is 0 Å². The van der Waals surface area contributed by atoms with Crippen molar-refractivity contribution in [2.75, 3.05) is 17.7 Å². The van der Waals surface area contributed by atoms with E-state index in [-0.39, 0.29) is 17.1 Å². The van der Waals surface area contributed by atoms with Crippen molar-refractivity contribution < 1.29 is 27.1 Å². The van der Waals surface area contributed by atoms with Crippen LogP contribution < -0.4 is 10.5 Å². The Bertz CT molecular complexity index is 900. The fourth-order valence-electron chi connectivity index (χ4n) is 1.93. The third-order valence-electron chi connectivity index (χ3n) is 3.22. The van der Waals surface area contributed by atoms with E-state index in [9.17, 15) is 22.4 Å². The van der Waals surface area contributed by atoms with E-state index in [0.29, 0.717) is 11.4 Å². The first kappa shape index (κ1) is 20.9. The molecule has 0 heterocycles. The molecule has 0 saturated heterocycles. The number of halogens is 1. The topological polar surface area (TPSA) is 116 Å². The van der Waals surface area contributed by atoms with Crippen LogP contribution in [0.15, 0.2) is 58.3 Å². The predicted octanol–water partition coefficient (Wildman–Crippen LogP) is 2.14. The van der Waals surface area contributed by atoms with Crippen LogP contribution in [0.1, 0.15) is 6.42 Å². The Hall–Kier alpha value is -2.43. The second kappa shape index (κ2) is 9.49. The quantitative estimate of drug-likeness (QED) is 0.507. The van der Waals surface area contributed by atoms with E-state index in [1.165, 1.54) is 48.2 Å². The normalized spacial score (nSPS) is 11.0. The van der Waals surface area contributed by atoms with Gasteiger partial charge < -0.3 is 10.1 Å². The number of carbonyl (C=O) groups is 2. The number of hydrogen-bond donors (Lipinski definition) is 2. The van der Waals surface area contributed by atoms with Gasteiger partial charge in [0.15, 0.2) is 6.61 Å². The molecule has 0 aliphatic carbocycles. The van der Waals surface area contributed by atoms with Crippen molar-refractivity contribution in [1.82, 2.24) is 0 Å². The molecule has 0 fully saturated rings. The number of primary sulfonamides is 1. The average Bonchev–Trinajstić information content (AvgIpc) is 2.61. The number of carbonyl (C=O) groups excluding carboxylic acids is 2. The standard InChI is InChI=1S/C17H17FN2O5S2/c18-12-1-5-14(6-2-12)26-10-9-17(22)25-11-16(21)20-13-3-7-15(8-4-13)27(19,23)24/h1-8H,9-11H2,(H,20,21)(H2,19,23,24). The molecule has 2 aromatic carbocycles. The lowest BCUT2D eigenvalue weighted by atomic mass is 10.3. The molecule has 10 heteroatoms. The Balaban J connectivity index is 1.70. The molecule has 0 unspecified atom stereocenters. The van der Waals surface area contributed by atoms with Gasteiger partial charge in [-0.25, -0.2) is 17.9 Å². The number of thioether (sulfide) groups is 1. The van der Waals surface area contributed by atoms with Crippen molar-refractivity contribution >= 4 is 39.3 Å². The number of benzene rings is 2. The molecule has 0 atom stereocenters. The molecule has 7 nitrogen and oxygen atoms in total. The molecule has 0 spiro atoms. The highest BCUT2D eigenvalue weighted by Gasteiger charge is 2.10. The number of ether oxygens (including phenoxy) is 1. The Labute approximate surface area is 160 Å². The molecule has 3 N–H and O–H groups in total. The third-order valence-corrected chi connectivity index (χ3v) is 5.16. The van der Waals surface area contributed by atoms with Gasteiger partial charge in [0.05, 0.1) is 11.3 Å². The number of sulfonamides is 1. The lowest BCUT2D eigenvalue weighted by Crippen LogP contribution is -2.21. The summed E-state index contributed by atoms with van der Waals surface area (Å²) in [5.74, 6) is -0.993. The minimum atomic E-state index is -3.80. The van der Waals surface area contributed by atoms with Crippen LogP contribution >= 0.6 is 11.8 Å². The number of rotatable bonds is 8. The summed E-state index contributed by atoms with van der Waals surface area (Å²) in [6, 6.07) is 11.1. The summed E-state index contributed by atoms with van der Waals surface area (Å²) in [5, 5.41) is 7.45. The second-order valence-corrected chi connectivity index (χ2v) is 8.06. The lowest BCUT2D eigenvalue weighted by molar-refractivity contribution is -0.146. The van der Waals surface area contributed by atoms with Gasteiger partial charge in [0.2, 0.25) is 10.0 Å². The fourth-order valence-corrected chi connectivity index (χ4v) is 3.27. The van der Waals surface area contributed by atoms with Gasteiger partial charge >= 0.3 is 5.97 Å². The van der Waals surface area contributed by atoms with Crippen molar-refractivity contribution in [2.24, 2.45) is 5.14 Å². The molecule has 0 aliphatic heterocycles. The highest BCUT2D eigenvalue weighted by molar-refractivity contribution is 7.99. The maximum Gasteiger partial charge on any atom is 0.307 e. The zero-order valence-electron chi connectivity index (χ0n) is 14.1. The molecule has 1 amide bonds. The summed E-state index contributed by atoms with van der Waals surface area (Å²) in [4.78, 5) is 24.1. The summed E-state index contributed by atoms with van der Waals surface area (Å²) in [6.45, 7) is -0.461. The van der Waals surface area contributed by atoms with Gasteiger partial charge in [-0.05, 0) is 48.5 Å². The number of nitrogens with two attached hydrogens (primary N) is 1. The van der Waals surface area contributed by atoms with Crippen LogP contribution in [0.4, 0.5) is 10.1 Å². The summed E-state index contributed by atoms with van der Waals surface area (Å²) in [5.41, 5.74) is 0.343. The molecule has 0 aliphatic rings. The van der Waals surface area contributed by atoms with Gasteiger partial charge in [-0.1, -0.05) is 0 Å². The first-order chi connectivity index (χ1) is 12.7. The second-order valence-electron chi connectivity index (χ2n) is 5.33. The SMILES string of the molecule is NS(=O)(=O)c1ccc(NC(=O)COC(=O)CCSc2ccc(F)cc2)cc1. The van der Waals surface area contributed by atoms with E-state index in [2.05, 4.69) is 5.32 Å². The average molecular weight is 412 g/mol. The van der Waals surface area contributed by atoms with E-state index < -0.39 is 28.5 Å². The molecule has 2 rings (SSSR count). The largest absolute Gasteiger partial charge is 0.456 e. The van der Waals surface area contributed by atoms with Crippen LogP contribution in [-0.2, 0) is 24.3 Å². The van der Waals surface area contributed by atoms with Gasteiger partial charge in [0, 0.05) is 16.3 Å². The first-order valence-corrected chi connectivity index (χ1v) is 10.2. The van der Waals surface area contributed by atoms with Crippen molar-refractivity contribution in [3.8, 4) is 0 Å². The first-order valence-electron chi connectivity index (χ1n) is 7.71. The molecule has 27 heavy (non-hydrogen) atoms. The van der Waals surface area contributed by atoms with Gasteiger partial charge in [0.25, 0.3) is 5.91 Å². The van der Waals surface area contributed by atoms with Crippen LogP contribution in [0.2, 0.25) is 0 Å². The molecule has 0 bridgehead atoms.